The second-order valence-corrected chi connectivity index (χ2v) is 3.87. The minimum absolute atomic E-state index is 0.158. The van der Waals surface area contributed by atoms with Gasteiger partial charge in [-0.3, -0.25) is 0 Å². The van der Waals surface area contributed by atoms with E-state index in [4.69, 9.17) is 11.6 Å². The van der Waals surface area contributed by atoms with E-state index in [1.807, 2.05) is 0 Å². The molecule has 2 heterocycles. The maximum absolute atomic E-state index is 13.4. The van der Waals surface area contributed by atoms with Gasteiger partial charge in [-0.15, -0.1) is 0 Å². The van der Waals surface area contributed by atoms with Gasteiger partial charge in [-0.05, 0) is 19.1 Å². The Labute approximate surface area is 103 Å². The van der Waals surface area contributed by atoms with E-state index in [1.54, 1.807) is 19.2 Å². The fourth-order valence-electron chi connectivity index (χ4n) is 1.32. The molecule has 0 bridgehead atoms. The molecule has 0 aliphatic carbocycles. The highest BCUT2D eigenvalue weighted by molar-refractivity contribution is 6.30. The van der Waals surface area contributed by atoms with Gasteiger partial charge in [0.15, 0.2) is 11.6 Å². The van der Waals surface area contributed by atoms with Gasteiger partial charge in [0, 0.05) is 12.4 Å². The molecule has 0 aliphatic rings. The van der Waals surface area contributed by atoms with Gasteiger partial charge in [0.05, 0.1) is 17.3 Å². The fourth-order valence-corrected chi connectivity index (χ4v) is 1.47. The standard InChI is InChI=1S/C11H10ClFN4/c1-7-14-3-2-9(17-7)6-16-11-10(13)4-8(12)5-15-11/h2-5H,6H2,1H3,(H,15,16). The molecular formula is C11H10ClFN4. The Balaban J connectivity index is 2.07. The molecule has 6 heteroatoms. The zero-order valence-electron chi connectivity index (χ0n) is 9.11. The average molecular weight is 253 g/mol. The molecule has 2 rings (SSSR count). The summed E-state index contributed by atoms with van der Waals surface area (Å²) in [4.78, 5) is 12.0. The third-order valence-electron chi connectivity index (χ3n) is 2.08. The van der Waals surface area contributed by atoms with E-state index in [9.17, 15) is 4.39 Å². The second-order valence-electron chi connectivity index (χ2n) is 3.43. The first-order valence-electron chi connectivity index (χ1n) is 4.98. The molecule has 0 spiro atoms. The minimum Gasteiger partial charge on any atom is -0.362 e. The number of halogens is 2. The van der Waals surface area contributed by atoms with Crippen molar-refractivity contribution in [3.8, 4) is 0 Å². The summed E-state index contributed by atoms with van der Waals surface area (Å²) in [6.45, 7) is 2.18. The first-order valence-corrected chi connectivity index (χ1v) is 5.36. The van der Waals surface area contributed by atoms with Gasteiger partial charge in [0.1, 0.15) is 5.82 Å². The van der Waals surface area contributed by atoms with E-state index in [0.717, 1.165) is 5.69 Å². The molecular weight excluding hydrogens is 243 g/mol. The molecule has 1 N–H and O–H groups in total. The third kappa shape index (κ3) is 3.10. The van der Waals surface area contributed by atoms with Crippen LogP contribution < -0.4 is 5.32 Å². The number of aromatic nitrogens is 3. The largest absolute Gasteiger partial charge is 0.362 e. The van der Waals surface area contributed by atoms with Crippen LogP contribution in [0.5, 0.6) is 0 Å². The van der Waals surface area contributed by atoms with Gasteiger partial charge in [-0.1, -0.05) is 11.6 Å². The molecule has 17 heavy (non-hydrogen) atoms. The lowest BCUT2D eigenvalue weighted by Gasteiger charge is -2.06. The van der Waals surface area contributed by atoms with Crippen LogP contribution in [-0.2, 0) is 6.54 Å². The molecule has 0 aromatic carbocycles. The molecule has 0 saturated carbocycles. The van der Waals surface area contributed by atoms with Crippen molar-refractivity contribution in [2.75, 3.05) is 5.32 Å². The van der Waals surface area contributed by atoms with Crippen molar-refractivity contribution < 1.29 is 4.39 Å². The van der Waals surface area contributed by atoms with Crippen LogP contribution in [0.15, 0.2) is 24.5 Å². The molecule has 0 radical (unpaired) electrons. The summed E-state index contributed by atoms with van der Waals surface area (Å²) < 4.78 is 13.4. The molecule has 0 fully saturated rings. The molecule has 0 saturated heterocycles. The van der Waals surface area contributed by atoms with Gasteiger partial charge < -0.3 is 5.32 Å². The molecule has 0 atom stereocenters. The molecule has 2 aromatic rings. The highest BCUT2D eigenvalue weighted by atomic mass is 35.5. The summed E-state index contributed by atoms with van der Waals surface area (Å²) in [5.74, 6) is 0.350. The normalized spacial score (nSPS) is 10.3. The lowest BCUT2D eigenvalue weighted by atomic mass is 10.3. The van der Waals surface area contributed by atoms with E-state index in [2.05, 4.69) is 20.3 Å². The number of nitrogens with one attached hydrogen (secondary N) is 1. The van der Waals surface area contributed by atoms with Crippen LogP contribution in [0.4, 0.5) is 10.2 Å². The number of anilines is 1. The first kappa shape index (κ1) is 11.7. The van der Waals surface area contributed by atoms with E-state index in [0.29, 0.717) is 12.4 Å². The van der Waals surface area contributed by atoms with E-state index >= 15 is 0 Å². The zero-order chi connectivity index (χ0) is 12.3. The van der Waals surface area contributed by atoms with Crippen molar-refractivity contribution in [2.24, 2.45) is 0 Å². The van der Waals surface area contributed by atoms with Crippen molar-refractivity contribution in [3.63, 3.8) is 0 Å². The maximum Gasteiger partial charge on any atom is 0.166 e. The van der Waals surface area contributed by atoms with Crippen LogP contribution in [0.1, 0.15) is 11.5 Å². The average Bonchev–Trinajstić information content (AvgIpc) is 2.28. The molecule has 88 valence electrons. The van der Waals surface area contributed by atoms with Gasteiger partial charge in [0.25, 0.3) is 0 Å². The first-order chi connectivity index (χ1) is 8.15. The summed E-state index contributed by atoms with van der Waals surface area (Å²) in [5.41, 5.74) is 0.772. The summed E-state index contributed by atoms with van der Waals surface area (Å²) in [5, 5.41) is 3.12. The van der Waals surface area contributed by atoms with E-state index < -0.39 is 5.82 Å². The van der Waals surface area contributed by atoms with Crippen LogP contribution in [0, 0.1) is 12.7 Å². The summed E-state index contributed by atoms with van der Waals surface area (Å²) in [6, 6.07) is 2.97. The predicted molar refractivity (Wildman–Crippen MR) is 63.3 cm³/mol. The SMILES string of the molecule is Cc1nccc(CNc2ncc(Cl)cc2F)n1. The van der Waals surface area contributed by atoms with E-state index in [1.165, 1.54) is 12.3 Å². The van der Waals surface area contributed by atoms with Crippen LogP contribution in [0.3, 0.4) is 0 Å². The Hall–Kier alpha value is -1.75. The smallest absolute Gasteiger partial charge is 0.166 e. The fraction of sp³-hybridized carbons (Fsp3) is 0.182. The molecule has 2 aromatic heterocycles. The zero-order valence-corrected chi connectivity index (χ0v) is 9.87. The topological polar surface area (TPSA) is 50.7 Å². The number of pyridine rings is 1. The highest BCUT2D eigenvalue weighted by Crippen LogP contribution is 2.15. The number of hydrogen-bond acceptors (Lipinski definition) is 4. The van der Waals surface area contributed by atoms with Gasteiger partial charge >= 0.3 is 0 Å². The van der Waals surface area contributed by atoms with Crippen molar-refractivity contribution >= 4 is 17.4 Å². The van der Waals surface area contributed by atoms with Crippen LogP contribution in [0.25, 0.3) is 0 Å². The lowest BCUT2D eigenvalue weighted by molar-refractivity contribution is 0.624. The molecule has 0 amide bonds. The Morgan fingerprint density at radius 2 is 2.24 bits per heavy atom. The maximum atomic E-state index is 13.4. The lowest BCUT2D eigenvalue weighted by Crippen LogP contribution is -2.06. The number of rotatable bonds is 3. The van der Waals surface area contributed by atoms with E-state index in [-0.39, 0.29) is 10.8 Å². The molecule has 0 unspecified atom stereocenters. The van der Waals surface area contributed by atoms with Crippen molar-refractivity contribution in [3.05, 3.63) is 46.9 Å². The van der Waals surface area contributed by atoms with Crippen LogP contribution in [0.2, 0.25) is 5.02 Å². The minimum atomic E-state index is -0.483. The summed E-state index contributed by atoms with van der Waals surface area (Å²) >= 11 is 5.60. The van der Waals surface area contributed by atoms with Gasteiger partial charge in [-0.25, -0.2) is 19.3 Å². The number of aryl methyl sites for hydroxylation is 1. The molecule has 4 nitrogen and oxygen atoms in total. The third-order valence-corrected chi connectivity index (χ3v) is 2.29. The van der Waals surface area contributed by atoms with Crippen molar-refractivity contribution in [2.45, 2.75) is 13.5 Å². The Morgan fingerprint density at radius 3 is 2.94 bits per heavy atom. The van der Waals surface area contributed by atoms with Crippen molar-refractivity contribution in [1.82, 2.24) is 15.0 Å². The monoisotopic (exact) mass is 252 g/mol. The summed E-state index contributed by atoms with van der Waals surface area (Å²) in [7, 11) is 0. The van der Waals surface area contributed by atoms with Crippen LogP contribution >= 0.6 is 11.6 Å². The highest BCUT2D eigenvalue weighted by Gasteiger charge is 2.04. The Bertz CT molecular complexity index is 533. The van der Waals surface area contributed by atoms with Gasteiger partial charge in [-0.2, -0.15) is 0 Å². The van der Waals surface area contributed by atoms with Gasteiger partial charge in [0.2, 0.25) is 0 Å². The predicted octanol–water partition coefficient (Wildman–Crippen LogP) is 2.58. The summed E-state index contributed by atoms with van der Waals surface area (Å²) in [6.07, 6.45) is 3.04. The number of hydrogen-bond donors (Lipinski definition) is 1. The Kier molecular flexibility index (Phi) is 3.49. The number of nitrogens with zero attached hydrogens (tertiary/aromatic N) is 3. The second kappa shape index (κ2) is 5.05. The van der Waals surface area contributed by atoms with Crippen molar-refractivity contribution in [1.29, 1.82) is 0 Å². The van der Waals surface area contributed by atoms with Crippen LogP contribution in [-0.4, -0.2) is 15.0 Å². The Morgan fingerprint density at radius 1 is 1.41 bits per heavy atom. The molecule has 0 aliphatic heterocycles. The quantitative estimate of drug-likeness (QED) is 0.912.